The molecule has 0 aromatic carbocycles. The number of halogens is 1. The molecule has 1 saturated carbocycles. The molecule has 11 heavy (non-hydrogen) atoms. The molecule has 1 fully saturated rings. The summed E-state index contributed by atoms with van der Waals surface area (Å²) in [6.07, 6.45) is 2.93. The first-order valence-corrected chi connectivity index (χ1v) is 4.35. The molecule has 60 valence electrons. The smallest absolute Gasteiger partial charge is 0.197 e. The molecule has 1 aliphatic carbocycles. The molecule has 0 N–H and O–H groups in total. The summed E-state index contributed by atoms with van der Waals surface area (Å²) < 4.78 is 5.38. The molecule has 2 atom stereocenters. The van der Waals surface area contributed by atoms with E-state index in [1.807, 2.05) is 0 Å². The van der Waals surface area contributed by atoms with Gasteiger partial charge in [0.05, 0.1) is 12.1 Å². The fraction of sp³-hybridized carbons (Fsp3) is 0.625. The maximum Gasteiger partial charge on any atom is 0.197 e. The van der Waals surface area contributed by atoms with Crippen LogP contribution in [0.3, 0.4) is 0 Å². The normalized spacial score (nSPS) is 28.9. The van der Waals surface area contributed by atoms with E-state index in [0.717, 1.165) is 17.6 Å². The van der Waals surface area contributed by atoms with Crippen molar-refractivity contribution >= 4 is 11.6 Å². The molecule has 3 heteroatoms. The summed E-state index contributed by atoms with van der Waals surface area (Å²) in [6.45, 7) is 2.20. The van der Waals surface area contributed by atoms with Crippen LogP contribution in [-0.4, -0.2) is 4.98 Å². The summed E-state index contributed by atoms with van der Waals surface area (Å²) in [5.41, 5.74) is 0. The summed E-state index contributed by atoms with van der Waals surface area (Å²) in [4.78, 5) is 4.15. The third kappa shape index (κ3) is 1.27. The molecule has 0 amide bonds. The molecule has 0 aliphatic heterocycles. The van der Waals surface area contributed by atoms with Crippen LogP contribution >= 0.6 is 11.6 Å². The quantitative estimate of drug-likeness (QED) is 0.640. The summed E-state index contributed by atoms with van der Waals surface area (Å²) in [7, 11) is 0. The van der Waals surface area contributed by atoms with Crippen LogP contribution in [0.2, 0.25) is 0 Å². The number of hydrogen-bond donors (Lipinski definition) is 0. The first-order chi connectivity index (χ1) is 5.31. The maximum atomic E-state index is 5.57. The maximum absolute atomic E-state index is 5.57. The number of nitrogens with zero attached hydrogens (tertiary/aromatic N) is 1. The molecule has 2 rings (SSSR count). The summed E-state index contributed by atoms with van der Waals surface area (Å²) >= 11 is 5.57. The van der Waals surface area contributed by atoms with Crippen LogP contribution in [0.4, 0.5) is 0 Å². The zero-order valence-electron chi connectivity index (χ0n) is 6.38. The largest absolute Gasteiger partial charge is 0.444 e. The first kappa shape index (κ1) is 7.17. The lowest BCUT2D eigenvalue weighted by Crippen LogP contribution is -1.78. The topological polar surface area (TPSA) is 26.0 Å². The van der Waals surface area contributed by atoms with E-state index in [2.05, 4.69) is 11.9 Å². The van der Waals surface area contributed by atoms with E-state index in [1.54, 1.807) is 6.20 Å². The molecule has 0 saturated heterocycles. The van der Waals surface area contributed by atoms with E-state index in [9.17, 15) is 0 Å². The second kappa shape index (κ2) is 2.52. The highest BCUT2D eigenvalue weighted by molar-refractivity contribution is 6.16. The highest BCUT2D eigenvalue weighted by Crippen LogP contribution is 2.46. The van der Waals surface area contributed by atoms with Gasteiger partial charge in [-0.25, -0.2) is 4.98 Å². The highest BCUT2D eigenvalue weighted by atomic mass is 35.5. The lowest BCUT2D eigenvalue weighted by atomic mass is 10.3. The van der Waals surface area contributed by atoms with Gasteiger partial charge in [-0.2, -0.15) is 0 Å². The van der Waals surface area contributed by atoms with Crippen LogP contribution in [0.25, 0.3) is 0 Å². The van der Waals surface area contributed by atoms with Gasteiger partial charge >= 0.3 is 0 Å². The number of hydrogen-bond acceptors (Lipinski definition) is 2. The highest BCUT2D eigenvalue weighted by Gasteiger charge is 2.37. The lowest BCUT2D eigenvalue weighted by Gasteiger charge is -1.87. The molecular weight excluding hydrogens is 162 g/mol. The molecule has 0 spiro atoms. The molecule has 1 heterocycles. The van der Waals surface area contributed by atoms with Gasteiger partial charge in [0.1, 0.15) is 5.76 Å². The SMILES string of the molecule is C[C@@H]1C[C@H]1c1ncc(CCl)o1. The summed E-state index contributed by atoms with van der Waals surface area (Å²) in [5.74, 6) is 3.38. The zero-order chi connectivity index (χ0) is 7.84. The molecule has 0 unspecified atom stereocenters. The van der Waals surface area contributed by atoms with Crippen LogP contribution < -0.4 is 0 Å². The van der Waals surface area contributed by atoms with Crippen LogP contribution in [0, 0.1) is 5.92 Å². The minimum absolute atomic E-state index is 0.425. The van der Waals surface area contributed by atoms with Gasteiger partial charge in [-0.1, -0.05) is 6.92 Å². The Kier molecular flexibility index (Phi) is 1.64. The Hall–Kier alpha value is -0.500. The number of alkyl halides is 1. The third-order valence-electron chi connectivity index (χ3n) is 2.13. The van der Waals surface area contributed by atoms with Gasteiger partial charge in [0.15, 0.2) is 5.89 Å². The van der Waals surface area contributed by atoms with E-state index < -0.39 is 0 Å². The Morgan fingerprint density at radius 2 is 2.55 bits per heavy atom. The van der Waals surface area contributed by atoms with Crippen molar-refractivity contribution in [3.8, 4) is 0 Å². The second-order valence-electron chi connectivity index (χ2n) is 3.12. The Balaban J connectivity index is 2.13. The van der Waals surface area contributed by atoms with Crippen LogP contribution in [0.15, 0.2) is 10.6 Å². The predicted octanol–water partition coefficient (Wildman–Crippen LogP) is 2.54. The molecule has 0 radical (unpaired) electrons. The minimum Gasteiger partial charge on any atom is -0.444 e. The lowest BCUT2D eigenvalue weighted by molar-refractivity contribution is 0.464. The predicted molar refractivity (Wildman–Crippen MR) is 42.6 cm³/mol. The fourth-order valence-electron chi connectivity index (χ4n) is 1.22. The number of aromatic nitrogens is 1. The van der Waals surface area contributed by atoms with Crippen molar-refractivity contribution < 1.29 is 4.42 Å². The van der Waals surface area contributed by atoms with E-state index in [0.29, 0.717) is 11.8 Å². The number of rotatable bonds is 2. The van der Waals surface area contributed by atoms with Crippen molar-refractivity contribution in [3.63, 3.8) is 0 Å². The van der Waals surface area contributed by atoms with Crippen molar-refractivity contribution in [3.05, 3.63) is 17.8 Å². The average Bonchev–Trinajstić information content (AvgIpc) is 2.59. The molecule has 1 aliphatic rings. The Labute approximate surface area is 70.6 Å². The molecule has 1 aromatic heterocycles. The molecule has 1 aromatic rings. The van der Waals surface area contributed by atoms with Crippen molar-refractivity contribution in [2.24, 2.45) is 5.92 Å². The molecule has 0 bridgehead atoms. The van der Waals surface area contributed by atoms with Gasteiger partial charge in [-0.15, -0.1) is 11.6 Å². The van der Waals surface area contributed by atoms with Crippen molar-refractivity contribution in [2.45, 2.75) is 25.1 Å². The minimum atomic E-state index is 0.425. The van der Waals surface area contributed by atoms with Gasteiger partial charge in [0.2, 0.25) is 0 Å². The Bertz CT molecular complexity index is 258. The summed E-state index contributed by atoms with van der Waals surface area (Å²) in [5, 5.41) is 0. The fourth-order valence-corrected chi connectivity index (χ4v) is 1.35. The van der Waals surface area contributed by atoms with Crippen LogP contribution in [-0.2, 0) is 5.88 Å². The van der Waals surface area contributed by atoms with Crippen molar-refractivity contribution in [1.29, 1.82) is 0 Å². The van der Waals surface area contributed by atoms with E-state index in [-0.39, 0.29) is 0 Å². The van der Waals surface area contributed by atoms with Gasteiger partial charge in [-0.05, 0) is 12.3 Å². The van der Waals surface area contributed by atoms with Crippen LogP contribution in [0.1, 0.15) is 30.9 Å². The van der Waals surface area contributed by atoms with Gasteiger partial charge < -0.3 is 4.42 Å². The zero-order valence-corrected chi connectivity index (χ0v) is 7.14. The monoisotopic (exact) mass is 171 g/mol. The average molecular weight is 172 g/mol. The molecule has 2 nitrogen and oxygen atoms in total. The molecular formula is C8H10ClNO. The van der Waals surface area contributed by atoms with Crippen molar-refractivity contribution in [1.82, 2.24) is 4.98 Å². The van der Waals surface area contributed by atoms with E-state index >= 15 is 0 Å². The van der Waals surface area contributed by atoms with E-state index in [1.165, 1.54) is 6.42 Å². The van der Waals surface area contributed by atoms with E-state index in [4.69, 9.17) is 16.0 Å². The van der Waals surface area contributed by atoms with Crippen molar-refractivity contribution in [2.75, 3.05) is 0 Å². The van der Waals surface area contributed by atoms with Gasteiger partial charge in [0, 0.05) is 5.92 Å². The Morgan fingerprint density at radius 1 is 1.82 bits per heavy atom. The standard InChI is InChI=1S/C8H10ClNO/c1-5-2-7(5)8-10-4-6(3-9)11-8/h4-5,7H,2-3H2,1H3/t5-,7-/m1/s1. The second-order valence-corrected chi connectivity index (χ2v) is 3.39. The first-order valence-electron chi connectivity index (χ1n) is 3.82. The third-order valence-corrected chi connectivity index (χ3v) is 2.39. The van der Waals surface area contributed by atoms with Gasteiger partial charge in [-0.3, -0.25) is 0 Å². The number of oxazole rings is 1. The summed E-state index contributed by atoms with van der Waals surface area (Å²) in [6, 6.07) is 0. The Morgan fingerprint density at radius 3 is 3.00 bits per heavy atom. The van der Waals surface area contributed by atoms with Gasteiger partial charge in [0.25, 0.3) is 0 Å². The van der Waals surface area contributed by atoms with Crippen LogP contribution in [0.5, 0.6) is 0 Å².